The van der Waals surface area contributed by atoms with Crippen LogP contribution in [0.4, 0.5) is 5.69 Å². The summed E-state index contributed by atoms with van der Waals surface area (Å²) in [6.07, 6.45) is 0.993. The van der Waals surface area contributed by atoms with Gasteiger partial charge < -0.3 is 10.8 Å². The van der Waals surface area contributed by atoms with Crippen molar-refractivity contribution in [2.75, 3.05) is 5.73 Å². The first kappa shape index (κ1) is 10.6. The van der Waals surface area contributed by atoms with Crippen LogP contribution in [0.2, 0.25) is 0 Å². The normalized spacial score (nSPS) is 10.3. The molecule has 0 aromatic heterocycles. The van der Waals surface area contributed by atoms with Gasteiger partial charge in [-0.25, -0.2) is 0 Å². The van der Waals surface area contributed by atoms with E-state index >= 15 is 0 Å². The van der Waals surface area contributed by atoms with Crippen LogP contribution in [-0.4, -0.2) is 5.11 Å². The molecule has 0 aliphatic carbocycles. The smallest absolute Gasteiger partial charge is 0.116 e. The summed E-state index contributed by atoms with van der Waals surface area (Å²) in [4.78, 5) is 0. The second-order valence-electron chi connectivity index (χ2n) is 3.83. The summed E-state index contributed by atoms with van der Waals surface area (Å²) in [5.41, 5.74) is 9.79. The Balaban J connectivity index is 2.53. The summed E-state index contributed by atoms with van der Waals surface area (Å²) >= 11 is 0. The number of hydrogen-bond donors (Lipinski definition) is 2. The molecule has 2 nitrogen and oxygen atoms in total. The number of nitrogen functional groups attached to an aromatic ring is 1. The molecule has 3 N–H and O–H groups in total. The predicted octanol–water partition coefficient (Wildman–Crippen LogP) is 3.20. The van der Waals surface area contributed by atoms with E-state index in [1.807, 2.05) is 12.1 Å². The lowest BCUT2D eigenvalue weighted by Crippen LogP contribution is -1.90. The summed E-state index contributed by atoms with van der Waals surface area (Å²) in [6.45, 7) is 2.12. The van der Waals surface area contributed by atoms with Gasteiger partial charge in [0.2, 0.25) is 0 Å². The van der Waals surface area contributed by atoms with E-state index in [2.05, 4.69) is 19.1 Å². The van der Waals surface area contributed by atoms with Crippen molar-refractivity contribution in [1.29, 1.82) is 0 Å². The lowest BCUT2D eigenvalue weighted by molar-refractivity contribution is 0.475. The minimum atomic E-state index is 0.242. The Kier molecular flexibility index (Phi) is 2.82. The lowest BCUT2D eigenvalue weighted by atomic mass is 10.0. The Bertz CT molecular complexity index is 506. The van der Waals surface area contributed by atoms with E-state index in [1.54, 1.807) is 18.2 Å². The highest BCUT2D eigenvalue weighted by atomic mass is 16.3. The van der Waals surface area contributed by atoms with E-state index < -0.39 is 0 Å². The van der Waals surface area contributed by atoms with Crippen LogP contribution >= 0.6 is 0 Å². The summed E-state index contributed by atoms with van der Waals surface area (Å²) in [6, 6.07) is 13.2. The van der Waals surface area contributed by atoms with E-state index in [9.17, 15) is 5.11 Å². The number of hydrogen-bond acceptors (Lipinski definition) is 2. The molecule has 0 spiro atoms. The first-order valence-corrected chi connectivity index (χ1v) is 5.38. The van der Waals surface area contributed by atoms with Crippen molar-refractivity contribution in [3.05, 3.63) is 48.0 Å². The molecule has 0 fully saturated rings. The third-order valence-corrected chi connectivity index (χ3v) is 2.68. The number of anilines is 1. The molecule has 0 unspecified atom stereocenters. The van der Waals surface area contributed by atoms with Gasteiger partial charge in [0.15, 0.2) is 0 Å². The summed E-state index contributed by atoms with van der Waals surface area (Å²) < 4.78 is 0. The maximum Gasteiger partial charge on any atom is 0.116 e. The molecule has 2 rings (SSSR count). The predicted molar refractivity (Wildman–Crippen MR) is 67.3 cm³/mol. The third kappa shape index (κ3) is 2.01. The van der Waals surface area contributed by atoms with Crippen molar-refractivity contribution >= 4 is 5.69 Å². The number of aryl methyl sites for hydroxylation is 1. The van der Waals surface area contributed by atoms with Gasteiger partial charge in [-0.1, -0.05) is 31.2 Å². The zero-order valence-corrected chi connectivity index (χ0v) is 9.27. The number of benzene rings is 2. The molecule has 0 amide bonds. The zero-order chi connectivity index (χ0) is 11.5. The molecule has 2 aromatic carbocycles. The summed E-state index contributed by atoms with van der Waals surface area (Å²) in [5.74, 6) is 0.242. The molecule has 0 aliphatic rings. The molecule has 0 saturated heterocycles. The van der Waals surface area contributed by atoms with Crippen LogP contribution in [-0.2, 0) is 6.42 Å². The largest absolute Gasteiger partial charge is 0.508 e. The molecule has 0 radical (unpaired) electrons. The van der Waals surface area contributed by atoms with Gasteiger partial charge in [0.1, 0.15) is 5.75 Å². The maximum absolute atomic E-state index is 9.47. The van der Waals surface area contributed by atoms with Gasteiger partial charge in [-0.2, -0.15) is 0 Å². The van der Waals surface area contributed by atoms with Gasteiger partial charge in [0.25, 0.3) is 0 Å². The van der Waals surface area contributed by atoms with Crippen LogP contribution in [0.3, 0.4) is 0 Å². The third-order valence-electron chi connectivity index (χ3n) is 2.68. The fourth-order valence-corrected chi connectivity index (χ4v) is 1.75. The van der Waals surface area contributed by atoms with Crippen molar-refractivity contribution in [3.63, 3.8) is 0 Å². The van der Waals surface area contributed by atoms with E-state index in [1.165, 1.54) is 5.56 Å². The Morgan fingerprint density at radius 2 is 1.94 bits per heavy atom. The molecule has 82 valence electrons. The van der Waals surface area contributed by atoms with Gasteiger partial charge in [0.05, 0.1) is 0 Å². The topological polar surface area (TPSA) is 46.2 Å². The molecular weight excluding hydrogens is 198 g/mol. The molecule has 0 atom stereocenters. The Morgan fingerprint density at radius 1 is 1.12 bits per heavy atom. The molecule has 0 aliphatic heterocycles. The number of rotatable bonds is 2. The molecule has 16 heavy (non-hydrogen) atoms. The van der Waals surface area contributed by atoms with Gasteiger partial charge in [0, 0.05) is 11.3 Å². The fourth-order valence-electron chi connectivity index (χ4n) is 1.75. The summed E-state index contributed by atoms with van der Waals surface area (Å²) in [7, 11) is 0. The number of phenols is 1. The molecule has 0 saturated carbocycles. The van der Waals surface area contributed by atoms with Crippen LogP contribution in [0.5, 0.6) is 5.75 Å². The van der Waals surface area contributed by atoms with Crippen molar-refractivity contribution in [2.24, 2.45) is 0 Å². The first-order valence-electron chi connectivity index (χ1n) is 5.38. The minimum Gasteiger partial charge on any atom is -0.508 e. The molecule has 0 heterocycles. The van der Waals surface area contributed by atoms with Crippen molar-refractivity contribution in [1.82, 2.24) is 0 Å². The highest BCUT2D eigenvalue weighted by Crippen LogP contribution is 2.29. The van der Waals surface area contributed by atoms with E-state index in [0.717, 1.165) is 17.5 Å². The zero-order valence-electron chi connectivity index (χ0n) is 9.27. The van der Waals surface area contributed by atoms with Crippen LogP contribution in [0.1, 0.15) is 12.5 Å². The van der Waals surface area contributed by atoms with Crippen LogP contribution in [0.25, 0.3) is 11.1 Å². The van der Waals surface area contributed by atoms with Crippen LogP contribution in [0, 0.1) is 0 Å². The average molecular weight is 213 g/mol. The second kappa shape index (κ2) is 4.27. The fraction of sp³-hybridized carbons (Fsp3) is 0.143. The van der Waals surface area contributed by atoms with E-state index in [4.69, 9.17) is 5.73 Å². The molecule has 2 aromatic rings. The number of aromatic hydroxyl groups is 1. The Hall–Kier alpha value is -1.96. The van der Waals surface area contributed by atoms with Crippen LogP contribution < -0.4 is 5.73 Å². The van der Waals surface area contributed by atoms with Gasteiger partial charge in [-0.3, -0.25) is 0 Å². The first-order chi connectivity index (χ1) is 7.70. The maximum atomic E-state index is 9.47. The van der Waals surface area contributed by atoms with Crippen molar-refractivity contribution < 1.29 is 5.11 Å². The Morgan fingerprint density at radius 3 is 2.69 bits per heavy atom. The van der Waals surface area contributed by atoms with Gasteiger partial charge in [-0.05, 0) is 35.7 Å². The highest BCUT2D eigenvalue weighted by molar-refractivity contribution is 5.77. The molecule has 2 heteroatoms. The second-order valence-corrected chi connectivity index (χ2v) is 3.83. The quantitative estimate of drug-likeness (QED) is 0.594. The number of nitrogens with two attached hydrogens (primary N) is 1. The molecule has 0 bridgehead atoms. The van der Waals surface area contributed by atoms with E-state index in [0.29, 0.717) is 5.69 Å². The highest BCUT2D eigenvalue weighted by Gasteiger charge is 2.04. The summed E-state index contributed by atoms with van der Waals surface area (Å²) in [5, 5.41) is 9.47. The number of phenolic OH excluding ortho intramolecular Hbond substituents is 1. The van der Waals surface area contributed by atoms with Crippen molar-refractivity contribution in [2.45, 2.75) is 13.3 Å². The van der Waals surface area contributed by atoms with Gasteiger partial charge >= 0.3 is 0 Å². The average Bonchev–Trinajstić information content (AvgIpc) is 2.32. The monoisotopic (exact) mass is 213 g/mol. The lowest BCUT2D eigenvalue weighted by Gasteiger charge is -2.07. The Labute approximate surface area is 95.4 Å². The standard InChI is InChI=1S/C14H15NO/c1-2-10-4-3-5-11(8-10)13-9-12(16)6-7-14(13)15/h3-9,16H,2,15H2,1H3. The van der Waals surface area contributed by atoms with Gasteiger partial charge in [-0.15, -0.1) is 0 Å². The van der Waals surface area contributed by atoms with Crippen molar-refractivity contribution in [3.8, 4) is 16.9 Å². The molecular formula is C14H15NO. The van der Waals surface area contributed by atoms with Crippen LogP contribution in [0.15, 0.2) is 42.5 Å². The minimum absolute atomic E-state index is 0.242. The SMILES string of the molecule is CCc1cccc(-c2cc(O)ccc2N)c1. The van der Waals surface area contributed by atoms with E-state index in [-0.39, 0.29) is 5.75 Å².